The molecule has 1 aromatic carbocycles. The molecule has 1 aliphatic rings. The van der Waals surface area contributed by atoms with Crippen LogP contribution in [0.3, 0.4) is 0 Å². The van der Waals surface area contributed by atoms with Gasteiger partial charge in [-0.05, 0) is 51.2 Å². The quantitative estimate of drug-likeness (QED) is 0.542. The topological polar surface area (TPSA) is 97.1 Å². The van der Waals surface area contributed by atoms with Crippen LogP contribution in [0.1, 0.15) is 20.8 Å². The molecule has 1 heterocycles. The third-order valence-corrected chi connectivity index (χ3v) is 4.15. The van der Waals surface area contributed by atoms with Gasteiger partial charge in [-0.3, -0.25) is 9.69 Å². The van der Waals surface area contributed by atoms with Crippen LogP contribution in [-0.2, 0) is 14.3 Å². The van der Waals surface area contributed by atoms with Gasteiger partial charge in [0.15, 0.2) is 5.11 Å². The second-order valence-electron chi connectivity index (χ2n) is 7.44. The monoisotopic (exact) mass is 412 g/mol. The molecule has 1 aliphatic heterocycles. The van der Waals surface area contributed by atoms with Gasteiger partial charge in [0, 0.05) is 7.05 Å². The van der Waals surface area contributed by atoms with Crippen molar-refractivity contribution in [3.05, 3.63) is 24.0 Å². The highest BCUT2D eigenvalue weighted by Crippen LogP contribution is 2.26. The number of hydrogen-bond acceptors (Lipinski definition) is 6. The molecular formula is C18H25FN4O4S. The first-order chi connectivity index (χ1) is 13.0. The summed E-state index contributed by atoms with van der Waals surface area (Å²) >= 11 is 4.87. The lowest BCUT2D eigenvalue weighted by atomic mass is 10.2. The van der Waals surface area contributed by atoms with Gasteiger partial charge in [0.2, 0.25) is 0 Å². The van der Waals surface area contributed by atoms with Crippen LogP contribution >= 0.6 is 12.2 Å². The van der Waals surface area contributed by atoms with Gasteiger partial charge in [-0.25, -0.2) is 9.18 Å². The number of ether oxygens (including phenoxy) is 2. The summed E-state index contributed by atoms with van der Waals surface area (Å²) in [6.45, 7) is 5.67. The molecule has 28 heavy (non-hydrogen) atoms. The fraction of sp³-hybridized carbons (Fsp3) is 0.500. The number of anilines is 2. The van der Waals surface area contributed by atoms with Gasteiger partial charge in [0.05, 0.1) is 24.5 Å². The van der Waals surface area contributed by atoms with E-state index in [2.05, 4.69) is 5.32 Å². The van der Waals surface area contributed by atoms with E-state index in [4.69, 9.17) is 27.4 Å². The molecule has 0 aromatic heterocycles. The minimum Gasteiger partial charge on any atom is -0.459 e. The molecule has 3 N–H and O–H groups in total. The van der Waals surface area contributed by atoms with Crippen molar-refractivity contribution in [3.63, 3.8) is 0 Å². The molecule has 1 aromatic rings. The smallest absolute Gasteiger partial charge is 0.414 e. The Kier molecular flexibility index (Phi) is 6.65. The number of cyclic esters (lactones) is 1. The van der Waals surface area contributed by atoms with Gasteiger partial charge in [-0.15, -0.1) is 0 Å². The van der Waals surface area contributed by atoms with Crippen LogP contribution < -0.4 is 16.0 Å². The molecule has 0 aliphatic carbocycles. The molecule has 10 heteroatoms. The van der Waals surface area contributed by atoms with Crippen LogP contribution in [0.2, 0.25) is 0 Å². The molecule has 0 spiro atoms. The van der Waals surface area contributed by atoms with E-state index in [1.54, 1.807) is 38.8 Å². The Labute approximate surface area is 168 Å². The van der Waals surface area contributed by atoms with Gasteiger partial charge in [0.1, 0.15) is 24.1 Å². The van der Waals surface area contributed by atoms with Gasteiger partial charge >= 0.3 is 12.1 Å². The normalized spacial score (nSPS) is 16.5. The summed E-state index contributed by atoms with van der Waals surface area (Å²) < 4.78 is 24.8. The van der Waals surface area contributed by atoms with Crippen molar-refractivity contribution < 1.29 is 23.5 Å². The minimum atomic E-state index is -0.616. The number of amides is 1. The summed E-state index contributed by atoms with van der Waals surface area (Å²) in [5, 5.41) is 2.89. The van der Waals surface area contributed by atoms with Crippen molar-refractivity contribution >= 4 is 40.8 Å². The second kappa shape index (κ2) is 8.59. The van der Waals surface area contributed by atoms with E-state index in [9.17, 15) is 14.0 Å². The summed E-state index contributed by atoms with van der Waals surface area (Å²) in [7, 11) is 1.70. The molecule has 0 saturated carbocycles. The summed E-state index contributed by atoms with van der Waals surface area (Å²) in [5.74, 6) is -1.10. The SMILES string of the molecule is CN(C[C@@H]1CN(c2ccc(NCC(=O)OC(C)(C)C)c(F)c2)C(=O)O1)C(N)=S. The fourth-order valence-corrected chi connectivity index (χ4v) is 2.66. The third kappa shape index (κ3) is 5.95. The summed E-state index contributed by atoms with van der Waals surface area (Å²) in [6, 6.07) is 4.23. The molecule has 1 fully saturated rings. The first-order valence-corrected chi connectivity index (χ1v) is 9.11. The van der Waals surface area contributed by atoms with Crippen molar-refractivity contribution in [1.82, 2.24) is 4.90 Å². The van der Waals surface area contributed by atoms with Gasteiger partial charge in [-0.1, -0.05) is 0 Å². The van der Waals surface area contributed by atoms with E-state index < -0.39 is 29.6 Å². The number of benzene rings is 1. The molecule has 1 atom stereocenters. The van der Waals surface area contributed by atoms with Crippen molar-refractivity contribution in [2.45, 2.75) is 32.5 Å². The number of nitrogens with zero attached hydrogens (tertiary/aromatic N) is 2. The Morgan fingerprint density at radius 1 is 1.50 bits per heavy atom. The molecule has 1 saturated heterocycles. The second-order valence-corrected chi connectivity index (χ2v) is 7.86. The number of rotatable bonds is 6. The van der Waals surface area contributed by atoms with Gasteiger partial charge < -0.3 is 25.4 Å². The summed E-state index contributed by atoms with van der Waals surface area (Å²) in [4.78, 5) is 26.8. The molecule has 0 unspecified atom stereocenters. The number of carbonyl (C=O) groups is 2. The number of nitrogens with one attached hydrogen (secondary N) is 1. The number of nitrogens with two attached hydrogens (primary N) is 1. The van der Waals surface area contributed by atoms with Crippen LogP contribution in [0.5, 0.6) is 0 Å². The average Bonchev–Trinajstić information content (AvgIpc) is 2.92. The lowest BCUT2D eigenvalue weighted by molar-refractivity contribution is -0.152. The molecule has 0 bridgehead atoms. The highest BCUT2D eigenvalue weighted by Gasteiger charge is 2.33. The first-order valence-electron chi connectivity index (χ1n) is 8.70. The number of esters is 1. The predicted octanol–water partition coefficient (Wildman–Crippen LogP) is 2.08. The van der Waals surface area contributed by atoms with Crippen molar-refractivity contribution in [2.24, 2.45) is 5.73 Å². The molecular weight excluding hydrogens is 387 g/mol. The largest absolute Gasteiger partial charge is 0.459 e. The first kappa shape index (κ1) is 21.7. The maximum absolute atomic E-state index is 14.4. The lowest BCUT2D eigenvalue weighted by Crippen LogP contribution is -2.39. The maximum Gasteiger partial charge on any atom is 0.414 e. The van der Waals surface area contributed by atoms with Crippen molar-refractivity contribution in [1.29, 1.82) is 0 Å². The third-order valence-electron chi connectivity index (χ3n) is 3.84. The summed E-state index contributed by atoms with van der Waals surface area (Å²) in [6.07, 6.45) is -1.01. The van der Waals surface area contributed by atoms with E-state index in [0.717, 1.165) is 0 Å². The number of hydrogen-bond donors (Lipinski definition) is 2. The van der Waals surface area contributed by atoms with Crippen LogP contribution in [-0.4, -0.2) is 60.5 Å². The highest BCUT2D eigenvalue weighted by molar-refractivity contribution is 7.80. The molecule has 2 rings (SSSR count). The number of carbonyl (C=O) groups excluding carboxylic acids is 2. The Morgan fingerprint density at radius 3 is 2.75 bits per heavy atom. The molecule has 154 valence electrons. The van der Waals surface area contributed by atoms with E-state index in [0.29, 0.717) is 12.2 Å². The lowest BCUT2D eigenvalue weighted by Gasteiger charge is -2.20. The maximum atomic E-state index is 14.4. The molecule has 8 nitrogen and oxygen atoms in total. The Hall–Kier alpha value is -2.62. The molecule has 1 amide bonds. The van der Waals surface area contributed by atoms with Crippen molar-refractivity contribution in [2.75, 3.05) is 36.9 Å². The Bertz CT molecular complexity index is 768. The van der Waals surface area contributed by atoms with Crippen LogP contribution in [0.15, 0.2) is 18.2 Å². The minimum absolute atomic E-state index is 0.131. The Balaban J connectivity index is 1.99. The summed E-state index contributed by atoms with van der Waals surface area (Å²) in [5.41, 5.74) is 5.40. The van der Waals surface area contributed by atoms with E-state index in [1.165, 1.54) is 17.0 Å². The van der Waals surface area contributed by atoms with Crippen LogP contribution in [0.4, 0.5) is 20.6 Å². The van der Waals surface area contributed by atoms with Gasteiger partial charge in [0.25, 0.3) is 0 Å². The van der Waals surface area contributed by atoms with E-state index in [1.807, 2.05) is 0 Å². The Morgan fingerprint density at radius 2 is 2.18 bits per heavy atom. The fourth-order valence-electron chi connectivity index (χ4n) is 2.58. The van der Waals surface area contributed by atoms with Gasteiger partial charge in [-0.2, -0.15) is 0 Å². The zero-order chi connectivity index (χ0) is 21.1. The van der Waals surface area contributed by atoms with Crippen LogP contribution in [0.25, 0.3) is 0 Å². The highest BCUT2D eigenvalue weighted by atomic mass is 32.1. The molecule has 0 radical (unpaired) electrons. The van der Waals surface area contributed by atoms with E-state index in [-0.39, 0.29) is 23.9 Å². The average molecular weight is 412 g/mol. The number of thiocarbonyl (C=S) groups is 1. The van der Waals surface area contributed by atoms with E-state index >= 15 is 0 Å². The number of likely N-dealkylation sites (N-methyl/N-ethyl adjacent to an activating group) is 1. The zero-order valence-corrected chi connectivity index (χ0v) is 17.1. The predicted molar refractivity (Wildman–Crippen MR) is 108 cm³/mol. The zero-order valence-electron chi connectivity index (χ0n) is 16.3. The standard InChI is InChI=1S/C18H25FN4O4S/c1-18(2,3)27-15(24)8-21-14-6-5-11(7-13(14)19)23-10-12(26-17(23)25)9-22(4)16(20)28/h5-7,12,21H,8-10H2,1-4H3,(H2,20,28)/t12-/m1/s1. The van der Waals surface area contributed by atoms with Crippen molar-refractivity contribution in [3.8, 4) is 0 Å². The number of halogens is 1. The van der Waals surface area contributed by atoms with Crippen LogP contribution in [0, 0.1) is 5.82 Å².